The maximum atomic E-state index is 4.69. The molecule has 0 aromatic heterocycles. The molecule has 0 bridgehead atoms. The summed E-state index contributed by atoms with van der Waals surface area (Å²) >= 11 is 0. The van der Waals surface area contributed by atoms with Crippen molar-refractivity contribution in [3.8, 4) is 0 Å². The van der Waals surface area contributed by atoms with Crippen LogP contribution in [0.2, 0.25) is 0 Å². The number of allylic oxidation sites excluding steroid dienone is 2. The lowest BCUT2D eigenvalue weighted by Gasteiger charge is -2.25. The first-order valence-electron chi connectivity index (χ1n) is 13.3. The van der Waals surface area contributed by atoms with Crippen LogP contribution in [0.4, 0.5) is 0 Å². The first-order chi connectivity index (χ1) is 15.2. The number of methoxy groups -OCH3 is 1. The third kappa shape index (κ3) is 46.9. The number of unbranched alkanes of at least 4 members (excludes halogenated alkanes) is 1. The largest absolute Gasteiger partial charge is 0.385 e. The molecule has 1 atom stereocenters. The summed E-state index contributed by atoms with van der Waals surface area (Å²) < 4.78 is 4.69. The fraction of sp³-hybridized carbons (Fsp3) is 0.742. The molecular weight excluding hydrogens is 388 g/mol. The van der Waals surface area contributed by atoms with E-state index < -0.39 is 0 Å². The van der Waals surface area contributed by atoms with Crippen molar-refractivity contribution in [2.24, 2.45) is 11.3 Å². The van der Waals surface area contributed by atoms with Crippen molar-refractivity contribution in [1.29, 1.82) is 0 Å². The number of ether oxygens (including phenoxy) is 1. The minimum absolute atomic E-state index is 0.509. The van der Waals surface area contributed by atoms with E-state index in [9.17, 15) is 0 Å². The minimum atomic E-state index is 0.509. The third-order valence-corrected chi connectivity index (χ3v) is 4.72. The summed E-state index contributed by atoms with van der Waals surface area (Å²) in [5, 5.41) is 0. The maximum absolute atomic E-state index is 4.69. The van der Waals surface area contributed by atoms with Crippen LogP contribution in [0.15, 0.2) is 42.5 Å². The molecule has 1 heteroatoms. The molecule has 32 heavy (non-hydrogen) atoms. The van der Waals surface area contributed by atoms with Crippen LogP contribution >= 0.6 is 0 Å². The second-order valence-electron chi connectivity index (χ2n) is 8.48. The Hall–Kier alpha value is -1.08. The molecule has 1 aromatic carbocycles. The number of rotatable bonds is 6. The monoisotopic (exact) mass is 452 g/mol. The molecule has 0 spiro atoms. The third-order valence-electron chi connectivity index (χ3n) is 4.72. The first-order valence-corrected chi connectivity index (χ1v) is 13.3. The maximum Gasteiger partial charge on any atom is 0.0459 e. The highest BCUT2D eigenvalue weighted by Gasteiger charge is 2.16. The zero-order valence-electron chi connectivity index (χ0n) is 25.0. The van der Waals surface area contributed by atoms with E-state index in [0.717, 1.165) is 31.8 Å². The molecule has 1 unspecified atom stereocenters. The Morgan fingerprint density at radius 2 is 1.31 bits per heavy atom. The van der Waals surface area contributed by atoms with Gasteiger partial charge in [0.25, 0.3) is 0 Å². The van der Waals surface area contributed by atoms with Gasteiger partial charge in [0.15, 0.2) is 0 Å². The van der Waals surface area contributed by atoms with E-state index in [1.807, 2.05) is 26.8 Å². The lowest BCUT2D eigenvalue weighted by Crippen LogP contribution is -2.15. The van der Waals surface area contributed by atoms with Crippen LogP contribution in [0.1, 0.15) is 128 Å². The zero-order valence-corrected chi connectivity index (χ0v) is 25.0. The Morgan fingerprint density at radius 1 is 0.844 bits per heavy atom. The van der Waals surface area contributed by atoms with Gasteiger partial charge < -0.3 is 4.74 Å². The molecule has 0 aliphatic heterocycles. The summed E-state index contributed by atoms with van der Waals surface area (Å²) in [6.45, 7) is 29.1. The Labute approximate surface area is 206 Å². The summed E-state index contributed by atoms with van der Waals surface area (Å²) in [4.78, 5) is 0. The van der Waals surface area contributed by atoms with Crippen molar-refractivity contribution < 1.29 is 4.74 Å². The average Bonchev–Trinajstić information content (AvgIpc) is 2.82. The first kappa shape index (κ1) is 41.2. The highest BCUT2D eigenvalue weighted by molar-refractivity contribution is 5.13. The predicted molar refractivity (Wildman–Crippen MR) is 154 cm³/mol. The van der Waals surface area contributed by atoms with Gasteiger partial charge in [-0.05, 0) is 43.1 Å². The predicted octanol–water partition coefficient (Wildman–Crippen LogP) is 11.2. The van der Waals surface area contributed by atoms with Gasteiger partial charge in [-0.1, -0.05) is 145 Å². The van der Waals surface area contributed by atoms with E-state index in [1.165, 1.54) is 24.8 Å². The lowest BCUT2D eigenvalue weighted by atomic mass is 9.81. The molecule has 0 radical (unpaired) electrons. The van der Waals surface area contributed by atoms with Crippen LogP contribution in [-0.4, -0.2) is 13.7 Å². The second-order valence-corrected chi connectivity index (χ2v) is 8.48. The molecule has 0 aliphatic rings. The van der Waals surface area contributed by atoms with E-state index in [1.54, 1.807) is 7.11 Å². The molecule has 0 N–H and O–H groups in total. The quantitative estimate of drug-likeness (QED) is 0.390. The van der Waals surface area contributed by atoms with Gasteiger partial charge in [0.1, 0.15) is 0 Å². The Kier molecular flexibility index (Phi) is 48.0. The van der Waals surface area contributed by atoms with Gasteiger partial charge in [0.2, 0.25) is 0 Å². The van der Waals surface area contributed by atoms with Crippen molar-refractivity contribution in [2.45, 2.75) is 129 Å². The highest BCUT2D eigenvalue weighted by Crippen LogP contribution is 2.27. The molecule has 0 fully saturated rings. The van der Waals surface area contributed by atoms with Gasteiger partial charge in [-0.2, -0.15) is 0 Å². The number of hydrogen-bond donors (Lipinski definition) is 0. The number of hydrogen-bond acceptors (Lipinski definition) is 1. The summed E-state index contributed by atoms with van der Waals surface area (Å²) in [5.41, 5.74) is 1.92. The average molecular weight is 453 g/mol. The number of aryl methyl sites for hydroxylation is 1. The second kappa shape index (κ2) is 37.2. The van der Waals surface area contributed by atoms with Crippen molar-refractivity contribution >= 4 is 0 Å². The molecule has 0 saturated heterocycles. The molecule has 0 aliphatic carbocycles. The van der Waals surface area contributed by atoms with E-state index >= 15 is 0 Å². The molecule has 1 nitrogen and oxygen atoms in total. The van der Waals surface area contributed by atoms with Crippen molar-refractivity contribution in [3.63, 3.8) is 0 Å². The van der Waals surface area contributed by atoms with Crippen molar-refractivity contribution in [2.75, 3.05) is 13.7 Å². The van der Waals surface area contributed by atoms with Gasteiger partial charge in [0, 0.05) is 13.7 Å². The van der Waals surface area contributed by atoms with Crippen LogP contribution in [0.25, 0.3) is 0 Å². The summed E-state index contributed by atoms with van der Waals surface area (Å²) in [6, 6.07) is 10.5. The fourth-order valence-corrected chi connectivity index (χ4v) is 1.77. The SMILES string of the molecule is CC.CC=CCC.CCC(C)C(C)(C)C.CCCC.CCCOC.CCc1ccccc1. The Balaban J connectivity index is -0.0000000956. The van der Waals surface area contributed by atoms with Gasteiger partial charge in [-0.15, -0.1) is 0 Å². The number of benzene rings is 1. The van der Waals surface area contributed by atoms with Crippen LogP contribution in [-0.2, 0) is 11.2 Å². The summed E-state index contributed by atoms with van der Waals surface area (Å²) in [5.74, 6) is 0.850. The van der Waals surface area contributed by atoms with E-state index in [-0.39, 0.29) is 0 Å². The van der Waals surface area contributed by atoms with Crippen LogP contribution < -0.4 is 0 Å². The van der Waals surface area contributed by atoms with Gasteiger partial charge >= 0.3 is 0 Å². The molecule has 1 aromatic rings. The normalized spacial score (nSPS) is 10.3. The minimum Gasteiger partial charge on any atom is -0.385 e. The molecule has 0 amide bonds. The topological polar surface area (TPSA) is 9.23 Å². The van der Waals surface area contributed by atoms with E-state index in [4.69, 9.17) is 4.74 Å². The smallest absolute Gasteiger partial charge is 0.0459 e. The van der Waals surface area contributed by atoms with Crippen LogP contribution in [0.3, 0.4) is 0 Å². The van der Waals surface area contributed by atoms with Crippen molar-refractivity contribution in [3.05, 3.63) is 48.0 Å². The summed E-state index contributed by atoms with van der Waals surface area (Å²) in [6.07, 6.45) is 11.5. The van der Waals surface area contributed by atoms with Gasteiger partial charge in [-0.3, -0.25) is 0 Å². The van der Waals surface area contributed by atoms with Gasteiger partial charge in [-0.25, -0.2) is 0 Å². The summed E-state index contributed by atoms with van der Waals surface area (Å²) in [7, 11) is 1.71. The molecule has 194 valence electrons. The zero-order chi connectivity index (χ0) is 26.3. The molecule has 0 heterocycles. The lowest BCUT2D eigenvalue weighted by molar-refractivity contribution is 0.199. The standard InChI is InChI=1S/C8H10.C8H18.C5H10.C4H10O.C4H10.C2H6/c1-2-8-6-4-3-5-7-8;1-6-7(2)8(3,4)5;1-3-5-4-2;1-3-4-5-2;1-3-4-2;1-2/h3-7H,2H2,1H3;7H,6H2,1-5H3;3,5H,4H2,1-2H3;3-4H2,1-2H3;3-4H2,1-2H3;1-2H3. The Bertz CT molecular complexity index is 396. The highest BCUT2D eigenvalue weighted by atomic mass is 16.5. The van der Waals surface area contributed by atoms with Crippen LogP contribution in [0.5, 0.6) is 0 Å². The fourth-order valence-electron chi connectivity index (χ4n) is 1.77. The van der Waals surface area contributed by atoms with E-state index in [2.05, 4.69) is 106 Å². The molecule has 1 rings (SSSR count). The Morgan fingerprint density at radius 3 is 1.41 bits per heavy atom. The molecular formula is C31H64O. The van der Waals surface area contributed by atoms with Crippen molar-refractivity contribution in [1.82, 2.24) is 0 Å². The van der Waals surface area contributed by atoms with Gasteiger partial charge in [0.05, 0.1) is 0 Å². The van der Waals surface area contributed by atoms with Crippen LogP contribution in [0, 0.1) is 11.3 Å². The van der Waals surface area contributed by atoms with E-state index in [0.29, 0.717) is 5.41 Å². The molecule has 0 saturated carbocycles.